The van der Waals surface area contributed by atoms with Gasteiger partial charge in [0.2, 0.25) is 0 Å². The fourth-order valence-corrected chi connectivity index (χ4v) is 2.39. The molecule has 1 aliphatic rings. The third-order valence-corrected chi connectivity index (χ3v) is 3.41. The number of carbonyl (C=O) groups is 1. The number of carbonyl (C=O) groups excluding carboxylic acids is 1. The van der Waals surface area contributed by atoms with Gasteiger partial charge in [-0.2, -0.15) is 0 Å². The number of para-hydroxylation sites is 1. The summed E-state index contributed by atoms with van der Waals surface area (Å²) in [7, 11) is 0. The number of ether oxygens (including phenoxy) is 1. The van der Waals surface area contributed by atoms with Crippen molar-refractivity contribution >= 4 is 16.7 Å². The molecule has 0 spiro atoms. The highest BCUT2D eigenvalue weighted by atomic mass is 16.5. The second kappa shape index (κ2) is 5.47. The Balaban J connectivity index is 1.82. The fraction of sp³-hybridized carbons (Fsp3) is 0.333. The van der Waals surface area contributed by atoms with Crippen molar-refractivity contribution in [2.75, 3.05) is 19.8 Å². The maximum Gasteiger partial charge on any atom is 0.156 e. The highest BCUT2D eigenvalue weighted by Crippen LogP contribution is 2.17. The Hall–Kier alpha value is -1.78. The van der Waals surface area contributed by atoms with E-state index in [0.29, 0.717) is 19.6 Å². The number of ketones is 1. The lowest BCUT2D eigenvalue weighted by molar-refractivity contribution is -0.123. The van der Waals surface area contributed by atoms with Crippen LogP contribution >= 0.6 is 0 Å². The smallest absolute Gasteiger partial charge is 0.156 e. The van der Waals surface area contributed by atoms with Gasteiger partial charge >= 0.3 is 0 Å². The molecule has 0 bridgehead atoms. The van der Waals surface area contributed by atoms with Crippen LogP contribution in [0.15, 0.2) is 36.5 Å². The molecule has 0 amide bonds. The van der Waals surface area contributed by atoms with Gasteiger partial charge in [0, 0.05) is 24.5 Å². The molecule has 1 aromatic heterocycles. The molecule has 0 aliphatic carbocycles. The van der Waals surface area contributed by atoms with E-state index in [1.807, 2.05) is 30.3 Å². The standard InChI is InChI=1S/C15H16N2O2/c18-15(14-10-19-8-7-17-14)9-11-5-6-16-13-4-2-1-3-12(11)13/h1-6,14,17H,7-10H2. The predicted octanol–water partition coefficient (Wildman–Crippen LogP) is 1.33. The van der Waals surface area contributed by atoms with E-state index in [2.05, 4.69) is 10.3 Å². The molecule has 1 atom stereocenters. The van der Waals surface area contributed by atoms with Crippen molar-refractivity contribution in [3.63, 3.8) is 0 Å². The van der Waals surface area contributed by atoms with Gasteiger partial charge in [0.05, 0.1) is 24.8 Å². The molecule has 1 aliphatic heterocycles. The summed E-state index contributed by atoms with van der Waals surface area (Å²) in [5, 5.41) is 4.25. The SMILES string of the molecule is O=C(Cc1ccnc2ccccc12)C1COCCN1. The van der Waals surface area contributed by atoms with Gasteiger partial charge in [-0.1, -0.05) is 18.2 Å². The second-order valence-electron chi connectivity index (χ2n) is 4.71. The zero-order chi connectivity index (χ0) is 13.1. The van der Waals surface area contributed by atoms with Gasteiger partial charge in [0.25, 0.3) is 0 Å². The van der Waals surface area contributed by atoms with Gasteiger partial charge in [0.1, 0.15) is 0 Å². The maximum atomic E-state index is 12.2. The van der Waals surface area contributed by atoms with Gasteiger partial charge in [0.15, 0.2) is 5.78 Å². The molecular weight excluding hydrogens is 240 g/mol. The fourth-order valence-electron chi connectivity index (χ4n) is 2.39. The molecule has 1 aromatic carbocycles. The van der Waals surface area contributed by atoms with Gasteiger partial charge in [-0.25, -0.2) is 0 Å². The normalized spacial score (nSPS) is 19.5. The lowest BCUT2D eigenvalue weighted by atomic mass is 10.0. The molecule has 19 heavy (non-hydrogen) atoms. The Kier molecular flexibility index (Phi) is 3.53. The molecule has 0 radical (unpaired) electrons. The van der Waals surface area contributed by atoms with Gasteiger partial charge in [-0.15, -0.1) is 0 Å². The number of hydrogen-bond donors (Lipinski definition) is 1. The Morgan fingerprint density at radius 3 is 3.11 bits per heavy atom. The minimum atomic E-state index is -0.180. The number of fused-ring (bicyclic) bond motifs is 1. The lowest BCUT2D eigenvalue weighted by Crippen LogP contribution is -2.47. The number of pyridine rings is 1. The van der Waals surface area contributed by atoms with Crippen molar-refractivity contribution in [3.05, 3.63) is 42.1 Å². The number of morpholine rings is 1. The van der Waals surface area contributed by atoms with Crippen LogP contribution in [0.2, 0.25) is 0 Å². The zero-order valence-electron chi connectivity index (χ0n) is 10.6. The molecule has 2 aromatic rings. The molecule has 1 unspecified atom stereocenters. The van der Waals surface area contributed by atoms with Crippen LogP contribution < -0.4 is 5.32 Å². The molecule has 98 valence electrons. The van der Waals surface area contributed by atoms with Crippen LogP contribution in [0.25, 0.3) is 10.9 Å². The maximum absolute atomic E-state index is 12.2. The minimum absolute atomic E-state index is 0.177. The van der Waals surface area contributed by atoms with Crippen LogP contribution in [0.4, 0.5) is 0 Å². The third-order valence-electron chi connectivity index (χ3n) is 3.41. The Labute approximate surface area is 111 Å². The Morgan fingerprint density at radius 2 is 2.26 bits per heavy atom. The number of Topliss-reactive ketones (excluding diaryl/α,β-unsaturated/α-hetero) is 1. The summed E-state index contributed by atoms with van der Waals surface area (Å²) >= 11 is 0. The van der Waals surface area contributed by atoms with E-state index < -0.39 is 0 Å². The van der Waals surface area contributed by atoms with Crippen LogP contribution in [0.1, 0.15) is 5.56 Å². The van der Waals surface area contributed by atoms with E-state index in [4.69, 9.17) is 4.74 Å². The number of hydrogen-bond acceptors (Lipinski definition) is 4. The summed E-state index contributed by atoms with van der Waals surface area (Å²) in [5.41, 5.74) is 1.96. The monoisotopic (exact) mass is 256 g/mol. The van der Waals surface area contributed by atoms with Crippen LogP contribution in [0.3, 0.4) is 0 Å². The van der Waals surface area contributed by atoms with Crippen molar-refractivity contribution in [1.29, 1.82) is 0 Å². The average Bonchev–Trinajstić information content (AvgIpc) is 2.48. The summed E-state index contributed by atoms with van der Waals surface area (Å²) in [5.74, 6) is 0.177. The summed E-state index contributed by atoms with van der Waals surface area (Å²) in [6, 6.07) is 9.64. The average molecular weight is 256 g/mol. The van der Waals surface area contributed by atoms with Crippen LogP contribution in [0.5, 0.6) is 0 Å². The summed E-state index contributed by atoms with van der Waals surface area (Å²) in [4.78, 5) is 16.6. The first-order chi connectivity index (χ1) is 9.34. The summed E-state index contributed by atoms with van der Waals surface area (Å²) < 4.78 is 5.33. The van der Waals surface area contributed by atoms with E-state index in [1.54, 1.807) is 6.20 Å². The van der Waals surface area contributed by atoms with Gasteiger partial charge in [-0.3, -0.25) is 9.78 Å². The first-order valence-electron chi connectivity index (χ1n) is 6.51. The first kappa shape index (κ1) is 12.3. The molecule has 0 saturated carbocycles. The summed E-state index contributed by atoms with van der Waals surface area (Å²) in [6.45, 7) is 1.90. The Bertz CT molecular complexity index is 586. The molecule has 3 rings (SSSR count). The molecule has 4 nitrogen and oxygen atoms in total. The molecule has 2 heterocycles. The van der Waals surface area contributed by atoms with Crippen molar-refractivity contribution in [2.24, 2.45) is 0 Å². The van der Waals surface area contributed by atoms with Crippen LogP contribution in [-0.4, -0.2) is 36.6 Å². The second-order valence-corrected chi connectivity index (χ2v) is 4.71. The van der Waals surface area contributed by atoms with Crippen molar-refractivity contribution < 1.29 is 9.53 Å². The van der Waals surface area contributed by atoms with E-state index in [0.717, 1.165) is 23.0 Å². The lowest BCUT2D eigenvalue weighted by Gasteiger charge is -2.22. The topological polar surface area (TPSA) is 51.2 Å². The number of rotatable bonds is 3. The molecule has 1 fully saturated rings. The van der Waals surface area contributed by atoms with Gasteiger partial charge < -0.3 is 10.1 Å². The first-order valence-corrected chi connectivity index (χ1v) is 6.51. The number of aromatic nitrogens is 1. The molecular formula is C15H16N2O2. The third kappa shape index (κ3) is 2.64. The van der Waals surface area contributed by atoms with E-state index in [-0.39, 0.29) is 11.8 Å². The predicted molar refractivity (Wildman–Crippen MR) is 73.1 cm³/mol. The van der Waals surface area contributed by atoms with E-state index >= 15 is 0 Å². The quantitative estimate of drug-likeness (QED) is 0.900. The largest absolute Gasteiger partial charge is 0.378 e. The summed E-state index contributed by atoms with van der Waals surface area (Å²) in [6.07, 6.45) is 2.18. The molecule has 1 saturated heterocycles. The van der Waals surface area contributed by atoms with Crippen LogP contribution in [0, 0.1) is 0 Å². The highest BCUT2D eigenvalue weighted by Gasteiger charge is 2.21. The van der Waals surface area contributed by atoms with Gasteiger partial charge in [-0.05, 0) is 17.7 Å². The van der Waals surface area contributed by atoms with E-state index in [1.165, 1.54) is 0 Å². The highest BCUT2D eigenvalue weighted by molar-refractivity contribution is 5.91. The van der Waals surface area contributed by atoms with Crippen molar-refractivity contribution in [3.8, 4) is 0 Å². The van der Waals surface area contributed by atoms with Crippen molar-refractivity contribution in [1.82, 2.24) is 10.3 Å². The number of nitrogens with zero attached hydrogens (tertiary/aromatic N) is 1. The number of benzene rings is 1. The molecule has 4 heteroatoms. The zero-order valence-corrected chi connectivity index (χ0v) is 10.6. The van der Waals surface area contributed by atoms with E-state index in [9.17, 15) is 4.79 Å². The molecule has 1 N–H and O–H groups in total. The number of nitrogens with one attached hydrogen (secondary N) is 1. The van der Waals surface area contributed by atoms with Crippen molar-refractivity contribution in [2.45, 2.75) is 12.5 Å². The van der Waals surface area contributed by atoms with Crippen LogP contribution in [-0.2, 0) is 16.0 Å². The Morgan fingerprint density at radius 1 is 1.37 bits per heavy atom. The minimum Gasteiger partial charge on any atom is -0.378 e.